The maximum atomic E-state index is 12.2. The van der Waals surface area contributed by atoms with Gasteiger partial charge in [-0.05, 0) is 0 Å². The number of aliphatic hydroxyl groups is 6. The number of hydrogen-bond acceptors (Lipinski definition) is 35. The second-order valence-electron chi connectivity index (χ2n) is 22.5. The first-order chi connectivity index (χ1) is 43.6. The maximum Gasteiger partial charge on any atom is 0.187 e. The van der Waals surface area contributed by atoms with E-state index in [4.69, 9.17) is 139 Å². The van der Waals surface area contributed by atoms with Gasteiger partial charge < -0.3 is 170 Å². The van der Waals surface area contributed by atoms with Crippen molar-refractivity contribution in [2.45, 2.75) is 215 Å². The standard InChI is InChI=1S/C55H98N2O33/c1-64-36-28(63)49-79-23(16-58)31(36)86-53-46(74-11)42(70-7)35(27(20-62)81-53)90-55-48(76-13)40(68-5)33(25(18-60)83-55)88-51-44(72-9)38(66-3)30(22(15-57)78-51)85-52-45(73-10)41(69-6)34(26(19-61)80-52)89-54-47(75-12)39(67-4)32(24(17-59)82-54)87-50-43(71-8)37(65-2)29(84-49)21(14-56)77-50/h21-55,58-63H,14-20,56-57H2,1-13H3. The fraction of sp³-hybridized carbons (Fsp3) is 1.00. The molecule has 21 fully saturated rings. The molecule has 0 aromatic carbocycles. The molecule has 21 rings (SSSR count). The Labute approximate surface area is 522 Å². The van der Waals surface area contributed by atoms with Crippen LogP contribution in [0.25, 0.3) is 0 Å². The van der Waals surface area contributed by atoms with Gasteiger partial charge >= 0.3 is 0 Å². The van der Waals surface area contributed by atoms with E-state index in [9.17, 15) is 30.6 Å². The van der Waals surface area contributed by atoms with Crippen LogP contribution in [0.3, 0.4) is 0 Å². The summed E-state index contributed by atoms with van der Waals surface area (Å²) in [4.78, 5) is 0. The molecular formula is C55H98N2O33. The molecule has 0 spiro atoms. The molecule has 35 nitrogen and oxygen atoms in total. The molecule has 21 heterocycles. The molecule has 10 N–H and O–H groups in total. The third-order valence-corrected chi connectivity index (χ3v) is 18.1. The highest BCUT2D eigenvalue weighted by molar-refractivity contribution is 5.04. The SMILES string of the molecule is COC1C2OC(CN)C(OC3OC(CO)C(OC4OC(CO)C(OC5OC(CO)C(OC6OC(CN)C(OC7OC(CO)C(OC8OC(CO)C(O2)C(OC)C8OC)C(OC)C7OC)C(OC)C6OC)C(OC)C5OC)C(OC)C4OC)C(OC)C3O)C1OC. The average molecular weight is 1320 g/mol. The van der Waals surface area contributed by atoms with E-state index >= 15 is 0 Å². The fourth-order valence-corrected chi connectivity index (χ4v) is 13.7. The third-order valence-electron chi connectivity index (χ3n) is 18.1. The minimum atomic E-state index is -1.68. The first-order valence-corrected chi connectivity index (χ1v) is 29.8. The van der Waals surface area contributed by atoms with Gasteiger partial charge in [0.2, 0.25) is 0 Å². The molecule has 0 saturated carbocycles. The van der Waals surface area contributed by atoms with Crippen LogP contribution in [0.5, 0.6) is 0 Å². The number of hydrogen-bond donors (Lipinski definition) is 8. The first kappa shape index (κ1) is 74.4. The van der Waals surface area contributed by atoms with Crippen LogP contribution < -0.4 is 11.5 Å². The topological polar surface area (TPSA) is 423 Å². The van der Waals surface area contributed by atoms with Crippen molar-refractivity contribution in [3.8, 4) is 0 Å². The van der Waals surface area contributed by atoms with Crippen LogP contribution in [0.4, 0.5) is 0 Å². The molecule has 35 atom stereocenters. The zero-order chi connectivity index (χ0) is 65.2. The Morgan fingerprint density at radius 1 is 0.222 bits per heavy atom. The van der Waals surface area contributed by atoms with Gasteiger partial charge in [-0.25, -0.2) is 0 Å². The van der Waals surface area contributed by atoms with Crippen molar-refractivity contribution in [1.82, 2.24) is 0 Å². The van der Waals surface area contributed by atoms with Crippen molar-refractivity contribution in [3.05, 3.63) is 0 Å². The lowest BCUT2D eigenvalue weighted by Gasteiger charge is -2.52. The van der Waals surface area contributed by atoms with E-state index in [0.29, 0.717) is 0 Å². The third kappa shape index (κ3) is 14.9. The summed E-state index contributed by atoms with van der Waals surface area (Å²) in [5.41, 5.74) is 12.9. The second kappa shape index (κ2) is 34.7. The van der Waals surface area contributed by atoms with E-state index in [0.717, 1.165) is 0 Å². The predicted octanol–water partition coefficient (Wildman–Crippen LogP) is -6.79. The van der Waals surface area contributed by atoms with Crippen molar-refractivity contribution in [2.75, 3.05) is 139 Å². The van der Waals surface area contributed by atoms with E-state index < -0.39 is 248 Å². The Kier molecular flexibility index (Phi) is 28.7. The fourth-order valence-electron chi connectivity index (χ4n) is 13.7. The van der Waals surface area contributed by atoms with Gasteiger partial charge in [0.15, 0.2) is 44.0 Å². The molecule has 0 amide bonds. The Bertz CT molecular complexity index is 2070. The van der Waals surface area contributed by atoms with Gasteiger partial charge in [-0.3, -0.25) is 0 Å². The Balaban J connectivity index is 1.18. The summed E-state index contributed by atoms with van der Waals surface area (Å²) in [7, 11) is 17.9. The van der Waals surface area contributed by atoms with E-state index in [2.05, 4.69) is 0 Å². The number of aliphatic hydroxyl groups excluding tert-OH is 6. The van der Waals surface area contributed by atoms with Gasteiger partial charge in [-0.2, -0.15) is 0 Å². The first-order valence-electron chi connectivity index (χ1n) is 29.8. The van der Waals surface area contributed by atoms with E-state index in [1.54, 1.807) is 0 Å². The highest BCUT2D eigenvalue weighted by atomic mass is 16.8. The van der Waals surface area contributed by atoms with Crippen LogP contribution >= 0.6 is 0 Å². The number of nitrogens with two attached hydrogens (primary N) is 2. The van der Waals surface area contributed by atoms with Gasteiger partial charge in [-0.15, -0.1) is 0 Å². The quantitative estimate of drug-likeness (QED) is 0.0562. The molecular weight excluding hydrogens is 1220 g/mol. The minimum Gasteiger partial charge on any atom is -0.394 e. The molecule has 0 radical (unpaired) electrons. The molecule has 21 saturated heterocycles. The van der Waals surface area contributed by atoms with Gasteiger partial charge in [-0.1, -0.05) is 0 Å². The molecule has 35 unspecified atom stereocenters. The van der Waals surface area contributed by atoms with Crippen molar-refractivity contribution >= 4 is 0 Å². The molecule has 0 aliphatic carbocycles. The van der Waals surface area contributed by atoms with Crippen LogP contribution in [0.2, 0.25) is 0 Å². The molecule has 21 aliphatic heterocycles. The highest BCUT2D eigenvalue weighted by Gasteiger charge is 2.61. The van der Waals surface area contributed by atoms with Crippen molar-refractivity contribution in [3.63, 3.8) is 0 Å². The minimum absolute atomic E-state index is 0.192. The molecule has 0 aromatic heterocycles. The normalized spacial score (nSPS) is 49.1. The predicted molar refractivity (Wildman–Crippen MR) is 295 cm³/mol. The van der Waals surface area contributed by atoms with Gasteiger partial charge in [0.25, 0.3) is 0 Å². The second-order valence-corrected chi connectivity index (χ2v) is 22.5. The van der Waals surface area contributed by atoms with Crippen molar-refractivity contribution in [2.24, 2.45) is 11.5 Å². The number of ether oxygens (including phenoxy) is 27. The molecule has 526 valence electrons. The molecule has 14 bridgehead atoms. The average Bonchev–Trinajstić information content (AvgIpc) is 0.877. The lowest BCUT2D eigenvalue weighted by Crippen LogP contribution is -2.69. The summed E-state index contributed by atoms with van der Waals surface area (Å²) in [6.07, 6.45) is -43.3. The lowest BCUT2D eigenvalue weighted by atomic mass is 9.94. The Morgan fingerprint density at radius 2 is 0.378 bits per heavy atom. The summed E-state index contributed by atoms with van der Waals surface area (Å²) in [6.45, 7) is -3.85. The zero-order valence-electron chi connectivity index (χ0n) is 53.0. The van der Waals surface area contributed by atoms with Crippen LogP contribution in [0.15, 0.2) is 0 Å². The van der Waals surface area contributed by atoms with Crippen molar-refractivity contribution < 1.29 is 159 Å². The number of methoxy groups -OCH3 is 13. The molecule has 0 aromatic rings. The zero-order valence-corrected chi connectivity index (χ0v) is 53.0. The van der Waals surface area contributed by atoms with Crippen LogP contribution in [-0.2, 0) is 128 Å². The van der Waals surface area contributed by atoms with Gasteiger partial charge in [0, 0.05) is 106 Å². The molecule has 90 heavy (non-hydrogen) atoms. The molecule has 35 heteroatoms. The summed E-state index contributed by atoms with van der Waals surface area (Å²) in [5.74, 6) is 0. The number of rotatable bonds is 20. The van der Waals surface area contributed by atoms with Crippen molar-refractivity contribution in [1.29, 1.82) is 0 Å². The maximum absolute atomic E-state index is 12.2. The van der Waals surface area contributed by atoms with E-state index in [-0.39, 0.29) is 13.1 Å². The monoisotopic (exact) mass is 1310 g/mol. The van der Waals surface area contributed by atoms with Crippen LogP contribution in [0.1, 0.15) is 0 Å². The van der Waals surface area contributed by atoms with Crippen LogP contribution in [-0.4, -0.2) is 384 Å². The Morgan fingerprint density at radius 3 is 0.556 bits per heavy atom. The van der Waals surface area contributed by atoms with E-state index in [1.165, 1.54) is 92.4 Å². The highest BCUT2D eigenvalue weighted by Crippen LogP contribution is 2.42. The summed E-state index contributed by atoms with van der Waals surface area (Å²) in [6, 6.07) is 0. The summed E-state index contributed by atoms with van der Waals surface area (Å²) >= 11 is 0. The van der Waals surface area contributed by atoms with E-state index in [1.807, 2.05) is 0 Å². The largest absolute Gasteiger partial charge is 0.394 e. The summed E-state index contributed by atoms with van der Waals surface area (Å²) in [5, 5.41) is 67.5. The molecule has 21 aliphatic rings. The van der Waals surface area contributed by atoms with Crippen LogP contribution in [0, 0.1) is 0 Å². The lowest BCUT2D eigenvalue weighted by molar-refractivity contribution is -0.400. The van der Waals surface area contributed by atoms with Gasteiger partial charge in [0.1, 0.15) is 171 Å². The smallest absolute Gasteiger partial charge is 0.187 e. The summed E-state index contributed by atoms with van der Waals surface area (Å²) < 4.78 is 170. The Hall–Kier alpha value is -1.40. The van der Waals surface area contributed by atoms with Gasteiger partial charge in [0.05, 0.1) is 33.0 Å².